The largest absolute Gasteiger partial charge is 0.489 e. The molecule has 0 saturated heterocycles. The lowest BCUT2D eigenvalue weighted by atomic mass is 10.1. The van der Waals surface area contributed by atoms with Crippen molar-refractivity contribution in [3.63, 3.8) is 0 Å². The Hall–Kier alpha value is -1.51. The summed E-state index contributed by atoms with van der Waals surface area (Å²) in [4.78, 5) is 0. The standard InChI is InChI=1S/C16H17ClO2/c1-11-3-5-13(6-4-11)10-19-16-8-7-14(17)9-15(16)12(2)18/h3-9,12,18H,10H2,1-2H3/t12-/m0/s1. The average molecular weight is 277 g/mol. The molecule has 0 aliphatic rings. The topological polar surface area (TPSA) is 29.5 Å². The van der Waals surface area contributed by atoms with Crippen LogP contribution < -0.4 is 4.74 Å². The first kappa shape index (κ1) is 13.9. The van der Waals surface area contributed by atoms with Gasteiger partial charge in [0.1, 0.15) is 12.4 Å². The zero-order chi connectivity index (χ0) is 13.8. The minimum Gasteiger partial charge on any atom is -0.489 e. The lowest BCUT2D eigenvalue weighted by Gasteiger charge is -2.14. The van der Waals surface area contributed by atoms with Crippen LogP contribution in [0, 0.1) is 6.92 Å². The van der Waals surface area contributed by atoms with Crippen molar-refractivity contribution in [2.45, 2.75) is 26.6 Å². The van der Waals surface area contributed by atoms with Gasteiger partial charge in [0.15, 0.2) is 0 Å². The molecule has 2 aromatic rings. The minimum atomic E-state index is -0.605. The Morgan fingerprint density at radius 2 is 1.84 bits per heavy atom. The predicted octanol–water partition coefficient (Wildman–Crippen LogP) is 4.28. The molecule has 1 N–H and O–H groups in total. The summed E-state index contributed by atoms with van der Waals surface area (Å²) in [5.74, 6) is 0.667. The van der Waals surface area contributed by atoms with Crippen LogP contribution in [0.1, 0.15) is 29.7 Å². The van der Waals surface area contributed by atoms with Crippen LogP contribution in [0.15, 0.2) is 42.5 Å². The van der Waals surface area contributed by atoms with Crippen LogP contribution in [0.25, 0.3) is 0 Å². The second-order valence-electron chi connectivity index (χ2n) is 4.63. The summed E-state index contributed by atoms with van der Waals surface area (Å²) < 4.78 is 5.76. The van der Waals surface area contributed by atoms with Crippen LogP contribution in [-0.2, 0) is 6.61 Å². The van der Waals surface area contributed by atoms with E-state index >= 15 is 0 Å². The van der Waals surface area contributed by atoms with Crippen molar-refractivity contribution in [1.82, 2.24) is 0 Å². The van der Waals surface area contributed by atoms with Crippen LogP contribution in [-0.4, -0.2) is 5.11 Å². The van der Waals surface area contributed by atoms with Crippen molar-refractivity contribution in [1.29, 1.82) is 0 Å². The van der Waals surface area contributed by atoms with E-state index in [0.717, 1.165) is 5.56 Å². The molecule has 0 spiro atoms. The van der Waals surface area contributed by atoms with E-state index < -0.39 is 6.10 Å². The fraction of sp³-hybridized carbons (Fsp3) is 0.250. The van der Waals surface area contributed by atoms with Crippen LogP contribution >= 0.6 is 11.6 Å². The number of halogens is 1. The number of ether oxygens (including phenoxy) is 1. The molecule has 0 heterocycles. The normalized spacial score (nSPS) is 12.2. The van der Waals surface area contributed by atoms with Crippen molar-refractivity contribution in [3.05, 3.63) is 64.2 Å². The number of hydrogen-bond donors (Lipinski definition) is 1. The van der Waals surface area contributed by atoms with E-state index in [1.165, 1.54) is 5.56 Å². The monoisotopic (exact) mass is 276 g/mol. The summed E-state index contributed by atoms with van der Waals surface area (Å²) in [6.45, 7) is 4.22. The third kappa shape index (κ3) is 3.72. The highest BCUT2D eigenvalue weighted by atomic mass is 35.5. The maximum absolute atomic E-state index is 9.72. The molecule has 0 bridgehead atoms. The van der Waals surface area contributed by atoms with E-state index in [1.54, 1.807) is 25.1 Å². The third-order valence-corrected chi connectivity index (χ3v) is 3.17. The van der Waals surface area contributed by atoms with Crippen molar-refractivity contribution >= 4 is 11.6 Å². The highest BCUT2D eigenvalue weighted by Crippen LogP contribution is 2.28. The van der Waals surface area contributed by atoms with Crippen molar-refractivity contribution in [2.24, 2.45) is 0 Å². The highest BCUT2D eigenvalue weighted by molar-refractivity contribution is 6.30. The summed E-state index contributed by atoms with van der Waals surface area (Å²) >= 11 is 5.93. The lowest BCUT2D eigenvalue weighted by Crippen LogP contribution is -2.01. The van der Waals surface area contributed by atoms with E-state index in [-0.39, 0.29) is 0 Å². The summed E-state index contributed by atoms with van der Waals surface area (Å²) in [5.41, 5.74) is 3.02. The SMILES string of the molecule is Cc1ccc(COc2ccc(Cl)cc2[C@H](C)O)cc1. The van der Waals surface area contributed by atoms with Gasteiger partial charge in [-0.1, -0.05) is 41.4 Å². The van der Waals surface area contributed by atoms with Gasteiger partial charge in [0.25, 0.3) is 0 Å². The maximum atomic E-state index is 9.72. The lowest BCUT2D eigenvalue weighted by molar-refractivity contribution is 0.190. The second kappa shape index (κ2) is 6.09. The van der Waals surface area contributed by atoms with Gasteiger partial charge in [0.2, 0.25) is 0 Å². The first-order chi connectivity index (χ1) is 9.06. The van der Waals surface area contributed by atoms with Gasteiger partial charge in [-0.15, -0.1) is 0 Å². The first-order valence-electron chi connectivity index (χ1n) is 6.22. The quantitative estimate of drug-likeness (QED) is 0.903. The molecular weight excluding hydrogens is 260 g/mol. The van der Waals surface area contributed by atoms with Gasteiger partial charge in [0, 0.05) is 10.6 Å². The van der Waals surface area contributed by atoms with E-state index in [9.17, 15) is 5.11 Å². The molecule has 0 amide bonds. The molecule has 19 heavy (non-hydrogen) atoms. The fourth-order valence-electron chi connectivity index (χ4n) is 1.82. The minimum absolute atomic E-state index is 0.474. The van der Waals surface area contributed by atoms with E-state index in [1.807, 2.05) is 12.1 Å². The second-order valence-corrected chi connectivity index (χ2v) is 5.07. The number of aliphatic hydroxyl groups is 1. The number of aliphatic hydroxyl groups excluding tert-OH is 1. The van der Waals surface area contributed by atoms with Gasteiger partial charge in [-0.2, -0.15) is 0 Å². The molecule has 1 atom stereocenters. The van der Waals surface area contributed by atoms with Gasteiger partial charge >= 0.3 is 0 Å². The van der Waals surface area contributed by atoms with Gasteiger partial charge in [0.05, 0.1) is 6.10 Å². The Morgan fingerprint density at radius 3 is 2.47 bits per heavy atom. The number of hydrogen-bond acceptors (Lipinski definition) is 2. The molecule has 100 valence electrons. The molecule has 2 aromatic carbocycles. The molecule has 0 unspecified atom stereocenters. The molecule has 2 rings (SSSR count). The Kier molecular flexibility index (Phi) is 4.46. The molecule has 0 aliphatic heterocycles. The van der Waals surface area contributed by atoms with Crippen molar-refractivity contribution < 1.29 is 9.84 Å². The summed E-state index contributed by atoms with van der Waals surface area (Å²) in [7, 11) is 0. The molecule has 3 heteroatoms. The van der Waals surface area contributed by atoms with E-state index in [2.05, 4.69) is 19.1 Å². The Morgan fingerprint density at radius 1 is 1.16 bits per heavy atom. The van der Waals surface area contributed by atoms with Gasteiger partial charge in [-0.05, 0) is 37.6 Å². The molecule has 0 fully saturated rings. The van der Waals surface area contributed by atoms with Crippen molar-refractivity contribution in [2.75, 3.05) is 0 Å². The average Bonchev–Trinajstić information content (AvgIpc) is 2.39. The zero-order valence-electron chi connectivity index (χ0n) is 11.1. The van der Waals surface area contributed by atoms with Crippen LogP contribution in [0.2, 0.25) is 5.02 Å². The smallest absolute Gasteiger partial charge is 0.125 e. The predicted molar refractivity (Wildman–Crippen MR) is 77.6 cm³/mol. The fourth-order valence-corrected chi connectivity index (χ4v) is 2.00. The zero-order valence-corrected chi connectivity index (χ0v) is 11.8. The van der Waals surface area contributed by atoms with Gasteiger partial charge in [-0.3, -0.25) is 0 Å². The maximum Gasteiger partial charge on any atom is 0.125 e. The Balaban J connectivity index is 2.13. The van der Waals surface area contributed by atoms with Crippen LogP contribution in [0.3, 0.4) is 0 Å². The number of rotatable bonds is 4. The molecule has 0 aliphatic carbocycles. The van der Waals surface area contributed by atoms with Gasteiger partial charge < -0.3 is 9.84 Å². The Labute approximate surface area is 118 Å². The summed E-state index contributed by atoms with van der Waals surface area (Å²) in [6.07, 6.45) is -0.605. The molecule has 0 radical (unpaired) electrons. The molecule has 2 nitrogen and oxygen atoms in total. The highest BCUT2D eigenvalue weighted by Gasteiger charge is 2.10. The van der Waals surface area contributed by atoms with Crippen LogP contribution in [0.4, 0.5) is 0 Å². The summed E-state index contributed by atoms with van der Waals surface area (Å²) in [6, 6.07) is 13.5. The number of benzene rings is 2. The molecule has 0 saturated carbocycles. The molecule has 0 aromatic heterocycles. The van der Waals surface area contributed by atoms with E-state index in [4.69, 9.17) is 16.3 Å². The van der Waals surface area contributed by atoms with Crippen LogP contribution in [0.5, 0.6) is 5.75 Å². The van der Waals surface area contributed by atoms with Gasteiger partial charge in [-0.25, -0.2) is 0 Å². The number of aryl methyl sites for hydroxylation is 1. The summed E-state index contributed by atoms with van der Waals surface area (Å²) in [5, 5.41) is 10.3. The first-order valence-corrected chi connectivity index (χ1v) is 6.60. The van der Waals surface area contributed by atoms with E-state index in [0.29, 0.717) is 22.9 Å². The third-order valence-electron chi connectivity index (χ3n) is 2.94. The van der Waals surface area contributed by atoms with Crippen molar-refractivity contribution in [3.8, 4) is 5.75 Å². The molecular formula is C16H17ClO2. The Bertz CT molecular complexity index is 547.